The molecular formula is C13H16O3S. The van der Waals surface area contributed by atoms with E-state index in [9.17, 15) is 9.32 Å². The summed E-state index contributed by atoms with van der Waals surface area (Å²) in [5.74, 6) is 0.136. The SMILES string of the molecule is C=C(/C=C\OC)S(=O)C[C@@H](O)c1ccccc1. The molecule has 1 N–H and O–H groups in total. The van der Waals surface area contributed by atoms with Crippen molar-refractivity contribution in [2.75, 3.05) is 12.9 Å². The van der Waals surface area contributed by atoms with Crippen LogP contribution < -0.4 is 0 Å². The van der Waals surface area contributed by atoms with Gasteiger partial charge in [-0.1, -0.05) is 36.9 Å². The van der Waals surface area contributed by atoms with E-state index in [0.29, 0.717) is 4.91 Å². The zero-order valence-electron chi connectivity index (χ0n) is 9.70. The zero-order valence-corrected chi connectivity index (χ0v) is 10.5. The molecule has 1 aromatic carbocycles. The van der Waals surface area contributed by atoms with E-state index in [-0.39, 0.29) is 5.75 Å². The molecule has 0 amide bonds. The summed E-state index contributed by atoms with van der Waals surface area (Å²) in [6, 6.07) is 9.14. The Morgan fingerprint density at radius 3 is 2.76 bits per heavy atom. The highest BCUT2D eigenvalue weighted by atomic mass is 32.2. The van der Waals surface area contributed by atoms with Crippen molar-refractivity contribution in [1.29, 1.82) is 0 Å². The molecule has 0 radical (unpaired) electrons. The van der Waals surface area contributed by atoms with Gasteiger partial charge in [0.2, 0.25) is 0 Å². The second-order valence-corrected chi connectivity index (χ2v) is 4.99. The van der Waals surface area contributed by atoms with Crippen molar-refractivity contribution < 1.29 is 14.1 Å². The molecule has 0 aliphatic rings. The molecule has 0 aliphatic carbocycles. The summed E-state index contributed by atoms with van der Waals surface area (Å²) < 4.78 is 16.5. The molecule has 2 atom stereocenters. The standard InChI is InChI=1S/C13H16O3S/c1-11(8-9-16-2)17(15)10-13(14)12-6-4-3-5-7-12/h3-9,13-14H,1,10H2,2H3/b9-8-/t13-,17?/m1/s1. The molecule has 0 heterocycles. The molecule has 0 saturated heterocycles. The first-order chi connectivity index (χ1) is 8.15. The van der Waals surface area contributed by atoms with Crippen molar-refractivity contribution in [3.05, 3.63) is 59.7 Å². The summed E-state index contributed by atoms with van der Waals surface area (Å²) in [4.78, 5) is 0.432. The average Bonchev–Trinajstić information content (AvgIpc) is 2.36. The van der Waals surface area contributed by atoms with Crippen LogP contribution in [-0.2, 0) is 15.5 Å². The van der Waals surface area contributed by atoms with Gasteiger partial charge < -0.3 is 9.84 Å². The fourth-order valence-electron chi connectivity index (χ4n) is 1.24. The highest BCUT2D eigenvalue weighted by molar-refractivity contribution is 7.89. The number of methoxy groups -OCH3 is 1. The van der Waals surface area contributed by atoms with Gasteiger partial charge in [-0.3, -0.25) is 4.21 Å². The Morgan fingerprint density at radius 2 is 2.18 bits per heavy atom. The van der Waals surface area contributed by atoms with E-state index < -0.39 is 16.9 Å². The Hall–Kier alpha value is -1.39. The van der Waals surface area contributed by atoms with Gasteiger partial charge in [0.05, 0.1) is 36.0 Å². The fourth-order valence-corrected chi connectivity index (χ4v) is 2.14. The first kappa shape index (κ1) is 13.7. The third kappa shape index (κ3) is 4.54. The lowest BCUT2D eigenvalue weighted by atomic mass is 10.1. The van der Waals surface area contributed by atoms with Crippen LogP contribution in [0.4, 0.5) is 0 Å². The normalized spacial score (nSPS) is 14.5. The number of benzene rings is 1. The molecule has 0 fully saturated rings. The number of ether oxygens (including phenoxy) is 1. The van der Waals surface area contributed by atoms with Gasteiger partial charge in [0.25, 0.3) is 0 Å². The van der Waals surface area contributed by atoms with E-state index in [1.54, 1.807) is 12.1 Å². The number of rotatable bonds is 6. The predicted molar refractivity (Wildman–Crippen MR) is 69.7 cm³/mol. The van der Waals surface area contributed by atoms with Gasteiger partial charge in [0.1, 0.15) is 0 Å². The smallest absolute Gasteiger partial charge is 0.0908 e. The van der Waals surface area contributed by atoms with Crippen LogP contribution in [0.1, 0.15) is 11.7 Å². The van der Waals surface area contributed by atoms with Gasteiger partial charge in [-0.2, -0.15) is 0 Å². The van der Waals surface area contributed by atoms with Gasteiger partial charge in [0.15, 0.2) is 0 Å². The maximum absolute atomic E-state index is 11.8. The topological polar surface area (TPSA) is 46.5 Å². The quantitative estimate of drug-likeness (QED) is 0.623. The summed E-state index contributed by atoms with van der Waals surface area (Å²) in [6.07, 6.45) is 2.20. The molecular weight excluding hydrogens is 236 g/mol. The van der Waals surface area contributed by atoms with E-state index in [4.69, 9.17) is 4.74 Å². The summed E-state index contributed by atoms with van der Waals surface area (Å²) in [5, 5.41) is 9.88. The van der Waals surface area contributed by atoms with Crippen molar-refractivity contribution >= 4 is 10.8 Å². The van der Waals surface area contributed by atoms with Crippen LogP contribution in [0.3, 0.4) is 0 Å². The average molecular weight is 252 g/mol. The van der Waals surface area contributed by atoms with E-state index >= 15 is 0 Å². The molecule has 92 valence electrons. The van der Waals surface area contributed by atoms with Crippen LogP contribution in [0.15, 0.2) is 54.2 Å². The van der Waals surface area contributed by atoms with Crippen molar-refractivity contribution in [2.24, 2.45) is 0 Å². The molecule has 1 unspecified atom stereocenters. The Bertz CT molecular complexity index is 412. The Morgan fingerprint density at radius 1 is 1.53 bits per heavy atom. The molecule has 0 aliphatic heterocycles. The first-order valence-corrected chi connectivity index (χ1v) is 6.46. The highest BCUT2D eigenvalue weighted by Gasteiger charge is 2.12. The lowest BCUT2D eigenvalue weighted by Gasteiger charge is -2.10. The van der Waals surface area contributed by atoms with Crippen molar-refractivity contribution in [1.82, 2.24) is 0 Å². The fraction of sp³-hybridized carbons (Fsp3) is 0.231. The summed E-state index contributed by atoms with van der Waals surface area (Å²) in [6.45, 7) is 3.66. The largest absolute Gasteiger partial charge is 0.504 e. The summed E-state index contributed by atoms with van der Waals surface area (Å²) in [5.41, 5.74) is 0.754. The van der Waals surface area contributed by atoms with Gasteiger partial charge in [-0.25, -0.2) is 0 Å². The van der Waals surface area contributed by atoms with E-state index in [1.807, 2.05) is 18.2 Å². The second-order valence-electron chi connectivity index (χ2n) is 3.44. The highest BCUT2D eigenvalue weighted by Crippen LogP contribution is 2.15. The van der Waals surface area contributed by atoms with Gasteiger partial charge in [0, 0.05) is 4.91 Å². The van der Waals surface area contributed by atoms with Crippen molar-refractivity contribution in [3.63, 3.8) is 0 Å². The minimum Gasteiger partial charge on any atom is -0.504 e. The number of allylic oxidation sites excluding steroid dienone is 1. The molecule has 0 aromatic heterocycles. The molecule has 1 rings (SSSR count). The monoisotopic (exact) mass is 252 g/mol. The lowest BCUT2D eigenvalue weighted by molar-refractivity contribution is 0.203. The van der Waals surface area contributed by atoms with Crippen molar-refractivity contribution in [3.8, 4) is 0 Å². The molecule has 0 bridgehead atoms. The van der Waals surface area contributed by atoms with Crippen LogP contribution in [-0.4, -0.2) is 22.2 Å². The summed E-state index contributed by atoms with van der Waals surface area (Å²) >= 11 is 0. The van der Waals surface area contributed by atoms with Crippen LogP contribution in [0.5, 0.6) is 0 Å². The first-order valence-electron chi connectivity index (χ1n) is 5.14. The predicted octanol–water partition coefficient (Wildman–Crippen LogP) is 2.14. The summed E-state index contributed by atoms with van der Waals surface area (Å²) in [7, 11) is 0.197. The van der Waals surface area contributed by atoms with Gasteiger partial charge in [-0.05, 0) is 11.6 Å². The van der Waals surface area contributed by atoms with Crippen LogP contribution in [0.2, 0.25) is 0 Å². The molecule has 0 saturated carbocycles. The molecule has 0 spiro atoms. The maximum Gasteiger partial charge on any atom is 0.0908 e. The number of hydrogen-bond acceptors (Lipinski definition) is 3. The number of aliphatic hydroxyl groups excluding tert-OH is 1. The Balaban J connectivity index is 2.57. The molecule has 17 heavy (non-hydrogen) atoms. The minimum absolute atomic E-state index is 0.136. The van der Waals surface area contributed by atoms with Crippen LogP contribution in [0.25, 0.3) is 0 Å². The van der Waals surface area contributed by atoms with Gasteiger partial charge in [-0.15, -0.1) is 0 Å². The second kappa shape index (κ2) is 7.04. The van der Waals surface area contributed by atoms with E-state index in [1.165, 1.54) is 19.4 Å². The number of hydrogen-bond donors (Lipinski definition) is 1. The maximum atomic E-state index is 11.8. The van der Waals surface area contributed by atoms with Gasteiger partial charge >= 0.3 is 0 Å². The van der Waals surface area contributed by atoms with Crippen LogP contribution >= 0.6 is 0 Å². The molecule has 4 heteroatoms. The number of aliphatic hydroxyl groups is 1. The van der Waals surface area contributed by atoms with Crippen LogP contribution in [0, 0.1) is 0 Å². The Labute approximate surface area is 104 Å². The zero-order chi connectivity index (χ0) is 12.7. The molecule has 3 nitrogen and oxygen atoms in total. The third-order valence-electron chi connectivity index (χ3n) is 2.18. The van der Waals surface area contributed by atoms with Crippen molar-refractivity contribution in [2.45, 2.75) is 6.10 Å². The minimum atomic E-state index is -1.31. The molecule has 1 aromatic rings. The van der Waals surface area contributed by atoms with E-state index in [0.717, 1.165) is 5.56 Å². The lowest BCUT2D eigenvalue weighted by Crippen LogP contribution is -2.09. The third-order valence-corrected chi connectivity index (χ3v) is 3.52. The van der Waals surface area contributed by atoms with E-state index in [2.05, 4.69) is 6.58 Å². The Kier molecular flexibility index (Phi) is 5.66.